The third kappa shape index (κ3) is 4.55. The van der Waals surface area contributed by atoms with Gasteiger partial charge in [-0.15, -0.1) is 0 Å². The van der Waals surface area contributed by atoms with Crippen molar-refractivity contribution in [1.29, 1.82) is 0 Å². The second-order valence-corrected chi connectivity index (χ2v) is 8.28. The third-order valence-corrected chi connectivity index (χ3v) is 5.98. The Labute approximate surface area is 205 Å². The number of cyclic esters (lactones) is 1. The molecule has 0 saturated carbocycles. The molecule has 2 aromatic heterocycles. The molecule has 2 aliphatic rings. The van der Waals surface area contributed by atoms with Crippen molar-refractivity contribution in [2.24, 2.45) is 5.73 Å². The van der Waals surface area contributed by atoms with Gasteiger partial charge in [0.05, 0.1) is 36.9 Å². The van der Waals surface area contributed by atoms with Crippen molar-refractivity contribution in [3.63, 3.8) is 0 Å². The van der Waals surface area contributed by atoms with Crippen LogP contribution in [0.2, 0.25) is 0 Å². The molecule has 0 bridgehead atoms. The van der Waals surface area contributed by atoms with Crippen molar-refractivity contribution < 1.29 is 33.6 Å². The number of amides is 2. The number of fused-ring (bicyclic) bond motifs is 2. The Balaban J connectivity index is 1.22. The number of pyridine rings is 2. The number of benzene rings is 1. The molecule has 2 aliphatic heterocycles. The minimum atomic E-state index is -1.35. The maximum atomic E-state index is 12.7. The van der Waals surface area contributed by atoms with E-state index in [-0.39, 0.29) is 13.1 Å². The molecule has 3 atom stereocenters. The molecule has 1 unspecified atom stereocenters. The minimum absolute atomic E-state index is 0.0230. The molecular formula is C24H25N5O7. The first-order chi connectivity index (χ1) is 17.4. The van der Waals surface area contributed by atoms with Gasteiger partial charge >= 0.3 is 6.09 Å². The highest BCUT2D eigenvalue weighted by atomic mass is 16.6. The van der Waals surface area contributed by atoms with E-state index < -0.39 is 30.3 Å². The number of carbonyl (C=O) groups is 2. The summed E-state index contributed by atoms with van der Waals surface area (Å²) in [5, 5.41) is 13.5. The number of hydrogen-bond donors (Lipinski definition) is 3. The molecule has 12 nitrogen and oxygen atoms in total. The van der Waals surface area contributed by atoms with E-state index in [0.29, 0.717) is 52.9 Å². The molecule has 36 heavy (non-hydrogen) atoms. The largest absolute Gasteiger partial charge is 0.486 e. The summed E-state index contributed by atoms with van der Waals surface area (Å²) in [5.41, 5.74) is 7.91. The number of hydrogen-bond acceptors (Lipinski definition) is 10. The summed E-state index contributed by atoms with van der Waals surface area (Å²) in [4.78, 5) is 35.2. The Morgan fingerprint density at radius 3 is 2.86 bits per heavy atom. The lowest BCUT2D eigenvalue weighted by atomic mass is 10.0. The number of ether oxygens (including phenoxy) is 4. The molecular weight excluding hydrogens is 470 g/mol. The van der Waals surface area contributed by atoms with Crippen LogP contribution >= 0.6 is 0 Å². The average molecular weight is 495 g/mol. The van der Waals surface area contributed by atoms with E-state index in [1.807, 2.05) is 0 Å². The SMILES string of the molecule is COc1ccc2nccc([C@H](O)[C@H](N)C(=O)NCC3CN(c4ccc5c(c4)OCCO5)C(=O)O3)c2n1. The maximum Gasteiger partial charge on any atom is 0.414 e. The van der Waals surface area contributed by atoms with Crippen molar-refractivity contribution in [3.05, 3.63) is 48.2 Å². The summed E-state index contributed by atoms with van der Waals surface area (Å²) < 4.78 is 21.6. The molecule has 4 N–H and O–H groups in total. The molecule has 1 fully saturated rings. The molecule has 1 saturated heterocycles. The quantitative estimate of drug-likeness (QED) is 0.430. The highest BCUT2D eigenvalue weighted by molar-refractivity contribution is 5.90. The topological polar surface area (TPSA) is 158 Å². The first kappa shape index (κ1) is 23.6. The predicted molar refractivity (Wildman–Crippen MR) is 127 cm³/mol. The minimum Gasteiger partial charge on any atom is -0.486 e. The number of aliphatic hydroxyl groups is 1. The number of anilines is 1. The fourth-order valence-corrected chi connectivity index (χ4v) is 4.09. The van der Waals surface area contributed by atoms with Gasteiger partial charge in [-0.3, -0.25) is 14.7 Å². The molecule has 4 heterocycles. The monoisotopic (exact) mass is 495 g/mol. The number of nitrogens with one attached hydrogen (secondary N) is 1. The van der Waals surface area contributed by atoms with Gasteiger partial charge in [0.15, 0.2) is 11.5 Å². The highest BCUT2D eigenvalue weighted by Crippen LogP contribution is 2.35. The van der Waals surface area contributed by atoms with Crippen molar-refractivity contribution >= 4 is 28.7 Å². The van der Waals surface area contributed by atoms with Crippen LogP contribution in [0.15, 0.2) is 42.6 Å². The van der Waals surface area contributed by atoms with Crippen LogP contribution in [-0.2, 0) is 9.53 Å². The smallest absolute Gasteiger partial charge is 0.414 e. The van der Waals surface area contributed by atoms with Gasteiger partial charge in [0, 0.05) is 23.9 Å². The zero-order chi connectivity index (χ0) is 25.2. The van der Waals surface area contributed by atoms with E-state index in [9.17, 15) is 14.7 Å². The van der Waals surface area contributed by atoms with Crippen LogP contribution in [-0.4, -0.2) is 72.6 Å². The average Bonchev–Trinajstić information content (AvgIpc) is 3.30. The number of nitrogens with zero attached hydrogens (tertiary/aromatic N) is 3. The van der Waals surface area contributed by atoms with E-state index >= 15 is 0 Å². The van der Waals surface area contributed by atoms with E-state index in [1.54, 1.807) is 36.4 Å². The Hall–Kier alpha value is -4.16. The Kier molecular flexibility index (Phi) is 6.44. The molecule has 1 aromatic carbocycles. The number of aromatic nitrogens is 2. The van der Waals surface area contributed by atoms with Gasteiger partial charge < -0.3 is 35.1 Å². The van der Waals surface area contributed by atoms with Gasteiger partial charge in [-0.2, -0.15) is 0 Å². The van der Waals surface area contributed by atoms with Gasteiger partial charge in [-0.25, -0.2) is 9.78 Å². The van der Waals surface area contributed by atoms with Gasteiger partial charge in [0.2, 0.25) is 11.8 Å². The van der Waals surface area contributed by atoms with Crippen LogP contribution in [0.4, 0.5) is 10.5 Å². The Morgan fingerprint density at radius 1 is 1.25 bits per heavy atom. The standard InChI is InChI=1S/C24H25N5O7/c1-33-19-5-3-16-21(28-19)15(6-7-26-16)22(30)20(25)23(31)27-11-14-12-29(24(32)36-14)13-2-4-17-18(10-13)35-9-8-34-17/h2-7,10,14,20,22,30H,8-9,11-12,25H2,1H3,(H,27,31)/t14?,20-,22-/m0/s1. The Morgan fingerprint density at radius 2 is 2.06 bits per heavy atom. The molecule has 5 rings (SSSR count). The molecule has 0 spiro atoms. The third-order valence-electron chi connectivity index (χ3n) is 5.98. The Bertz CT molecular complexity index is 1300. The van der Waals surface area contributed by atoms with E-state index in [4.69, 9.17) is 24.7 Å². The number of carbonyl (C=O) groups excluding carboxylic acids is 2. The number of aliphatic hydroxyl groups excluding tert-OH is 1. The van der Waals surface area contributed by atoms with E-state index in [0.717, 1.165) is 0 Å². The van der Waals surface area contributed by atoms with Crippen LogP contribution in [0.25, 0.3) is 11.0 Å². The first-order valence-corrected chi connectivity index (χ1v) is 11.3. The first-order valence-electron chi connectivity index (χ1n) is 11.3. The fourth-order valence-electron chi connectivity index (χ4n) is 4.09. The van der Waals surface area contributed by atoms with Crippen molar-refractivity contribution in [2.45, 2.75) is 18.2 Å². The summed E-state index contributed by atoms with van der Waals surface area (Å²) in [6.07, 6.45) is -0.995. The summed E-state index contributed by atoms with van der Waals surface area (Å²) in [6, 6.07) is 8.79. The van der Waals surface area contributed by atoms with E-state index in [1.165, 1.54) is 18.2 Å². The number of methoxy groups -OCH3 is 1. The molecule has 3 aromatic rings. The summed E-state index contributed by atoms with van der Waals surface area (Å²) in [6.45, 7) is 1.14. The van der Waals surface area contributed by atoms with Crippen molar-refractivity contribution in [1.82, 2.24) is 15.3 Å². The van der Waals surface area contributed by atoms with Gasteiger partial charge in [0.1, 0.15) is 31.5 Å². The van der Waals surface area contributed by atoms with Gasteiger partial charge in [-0.1, -0.05) is 0 Å². The molecule has 0 radical (unpaired) electrons. The van der Waals surface area contributed by atoms with Gasteiger partial charge in [-0.05, 0) is 24.3 Å². The zero-order valence-corrected chi connectivity index (χ0v) is 19.4. The van der Waals surface area contributed by atoms with Crippen LogP contribution < -0.4 is 30.2 Å². The number of rotatable bonds is 7. The summed E-state index contributed by atoms with van der Waals surface area (Å²) >= 11 is 0. The van der Waals surface area contributed by atoms with E-state index in [2.05, 4.69) is 15.3 Å². The van der Waals surface area contributed by atoms with Crippen LogP contribution in [0.5, 0.6) is 17.4 Å². The molecule has 12 heteroatoms. The van der Waals surface area contributed by atoms with Crippen LogP contribution in [0, 0.1) is 0 Å². The maximum absolute atomic E-state index is 12.7. The van der Waals surface area contributed by atoms with Crippen molar-refractivity contribution in [2.75, 3.05) is 38.3 Å². The lowest BCUT2D eigenvalue weighted by Gasteiger charge is -2.21. The summed E-state index contributed by atoms with van der Waals surface area (Å²) in [7, 11) is 1.48. The molecule has 2 amide bonds. The second-order valence-electron chi connectivity index (χ2n) is 8.28. The zero-order valence-electron chi connectivity index (χ0n) is 19.4. The van der Waals surface area contributed by atoms with Crippen LogP contribution in [0.3, 0.4) is 0 Å². The van der Waals surface area contributed by atoms with Gasteiger partial charge in [0.25, 0.3) is 0 Å². The molecule has 0 aliphatic carbocycles. The lowest BCUT2D eigenvalue weighted by Crippen LogP contribution is -2.47. The highest BCUT2D eigenvalue weighted by Gasteiger charge is 2.34. The second kappa shape index (κ2) is 9.84. The lowest BCUT2D eigenvalue weighted by molar-refractivity contribution is -0.125. The normalized spacial score (nSPS) is 18.5. The summed E-state index contributed by atoms with van der Waals surface area (Å²) in [5.74, 6) is 0.903. The van der Waals surface area contributed by atoms with Crippen LogP contribution in [0.1, 0.15) is 11.7 Å². The van der Waals surface area contributed by atoms with Crippen molar-refractivity contribution in [3.8, 4) is 17.4 Å². The predicted octanol–water partition coefficient (Wildman–Crippen LogP) is 0.912. The fraction of sp³-hybridized carbons (Fsp3) is 0.333. The molecule has 188 valence electrons. The number of nitrogens with two attached hydrogens (primary N) is 1.